The van der Waals surface area contributed by atoms with Crippen LogP contribution < -0.4 is 15.0 Å². The molecule has 1 saturated heterocycles. The second-order valence-corrected chi connectivity index (χ2v) is 12.8. The van der Waals surface area contributed by atoms with Crippen molar-refractivity contribution < 1.29 is 57.5 Å². The number of benzene rings is 2. The lowest BCUT2D eigenvalue weighted by Gasteiger charge is -2.39. The maximum Gasteiger partial charge on any atom is 0.573 e. The molecule has 0 aliphatic carbocycles. The number of hydrogen-bond acceptors (Lipinski definition) is 9. The molecule has 0 bridgehead atoms. The van der Waals surface area contributed by atoms with E-state index >= 15 is 0 Å². The molecular weight excluding hydrogens is 695 g/mol. The number of fused-ring (bicyclic) bond motifs is 1. The normalized spacial score (nSPS) is 16.8. The Bertz CT molecular complexity index is 1860. The van der Waals surface area contributed by atoms with Crippen LogP contribution in [-0.4, -0.2) is 65.6 Å². The van der Waals surface area contributed by atoms with E-state index in [9.17, 15) is 52.7 Å². The van der Waals surface area contributed by atoms with Crippen LogP contribution in [0.15, 0.2) is 59.6 Å². The van der Waals surface area contributed by atoms with Gasteiger partial charge in [-0.25, -0.2) is 18.4 Å². The predicted molar refractivity (Wildman–Crippen MR) is 147 cm³/mol. The highest BCUT2D eigenvalue weighted by Gasteiger charge is 2.42. The van der Waals surface area contributed by atoms with Crippen molar-refractivity contribution in [2.75, 3.05) is 24.5 Å². The van der Waals surface area contributed by atoms with Gasteiger partial charge >= 0.3 is 18.7 Å². The van der Waals surface area contributed by atoms with Crippen LogP contribution in [0.4, 0.5) is 44.6 Å². The Morgan fingerprint density at radius 3 is 2.17 bits per heavy atom. The molecule has 0 unspecified atom stereocenters. The summed E-state index contributed by atoms with van der Waals surface area (Å²) in [5.74, 6) is -2.84. The van der Waals surface area contributed by atoms with Crippen molar-refractivity contribution in [1.82, 2.24) is 24.6 Å². The van der Waals surface area contributed by atoms with Crippen molar-refractivity contribution >= 4 is 42.7 Å². The molecule has 4 aromatic rings. The number of ether oxygens (including phenoxy) is 1. The summed E-state index contributed by atoms with van der Waals surface area (Å²) in [5.41, 5.74) is -1.08. The van der Waals surface area contributed by atoms with Gasteiger partial charge in [-0.1, -0.05) is 23.5 Å². The maximum absolute atomic E-state index is 13.6. The average Bonchev–Trinajstić information content (AvgIpc) is 3.42. The second-order valence-electron chi connectivity index (χ2n) is 9.88. The number of thiazole rings is 1. The number of alkyl halides is 9. The van der Waals surface area contributed by atoms with Crippen LogP contribution in [0, 0.1) is 0 Å². The topological polar surface area (TPSA) is 118 Å². The van der Waals surface area contributed by atoms with Crippen molar-refractivity contribution in [2.24, 2.45) is 0 Å². The number of hydrogen-bond donors (Lipinski definition) is 1. The highest BCUT2D eigenvalue weighted by Crippen LogP contribution is 2.34. The number of piperazine rings is 1. The fourth-order valence-corrected chi connectivity index (χ4v) is 6.99. The van der Waals surface area contributed by atoms with Gasteiger partial charge in [0.05, 0.1) is 21.4 Å². The van der Waals surface area contributed by atoms with E-state index in [1.54, 1.807) is 0 Å². The van der Waals surface area contributed by atoms with Gasteiger partial charge < -0.3 is 15.0 Å². The molecule has 3 heterocycles. The number of nitrogens with zero attached hydrogens (tertiary/aromatic N) is 5. The number of carbonyl (C=O) groups is 1. The molecule has 1 N–H and O–H groups in total. The first-order chi connectivity index (χ1) is 21.8. The van der Waals surface area contributed by atoms with Gasteiger partial charge in [0.15, 0.2) is 10.8 Å². The molecule has 0 radical (unpaired) electrons. The lowest BCUT2D eigenvalue weighted by atomic mass is 10.1. The van der Waals surface area contributed by atoms with Crippen LogP contribution in [0.2, 0.25) is 0 Å². The Labute approximate surface area is 262 Å². The summed E-state index contributed by atoms with van der Waals surface area (Å²) in [6.45, 7) is -1.17. The molecule has 1 atom stereocenters. The predicted octanol–water partition coefficient (Wildman–Crippen LogP) is 5.22. The molecule has 21 heteroatoms. The third-order valence-electron chi connectivity index (χ3n) is 6.71. The lowest BCUT2D eigenvalue weighted by molar-refractivity contribution is -0.274. The molecule has 2 aromatic carbocycles. The first-order valence-corrected chi connectivity index (χ1v) is 15.3. The number of halogens is 9. The standard InChI is InChI=1S/C26H19F9N6O4S2/c27-24(28,29)15-3-7-17(8-4-15)47(43,44)41-10-9-40(23-39-20-19(46-23)12-37-22(38-20)25(30,31)32)13-18(41)21(42)36-11-14-1-5-16(6-2-14)45-26(33,34)35/h1-8,12,18H,9-11,13H2,(H,36,42)/t18-/m1/s1. The zero-order chi connectivity index (χ0) is 34.4. The lowest BCUT2D eigenvalue weighted by Crippen LogP contribution is -2.60. The summed E-state index contributed by atoms with van der Waals surface area (Å²) < 4.78 is 148. The van der Waals surface area contributed by atoms with Gasteiger partial charge in [0, 0.05) is 26.2 Å². The van der Waals surface area contributed by atoms with Crippen LogP contribution >= 0.6 is 11.3 Å². The Balaban J connectivity index is 1.41. The van der Waals surface area contributed by atoms with Crippen molar-refractivity contribution in [3.05, 3.63) is 71.7 Å². The molecule has 1 fully saturated rings. The van der Waals surface area contributed by atoms with Gasteiger partial charge in [0.1, 0.15) is 11.8 Å². The molecule has 2 aromatic heterocycles. The quantitative estimate of drug-likeness (QED) is 0.259. The van der Waals surface area contributed by atoms with E-state index in [1.807, 2.05) is 0 Å². The Hall–Kier alpha value is -4.24. The maximum atomic E-state index is 13.6. The van der Waals surface area contributed by atoms with Gasteiger partial charge in [0.2, 0.25) is 21.8 Å². The number of amides is 1. The van der Waals surface area contributed by atoms with E-state index in [0.29, 0.717) is 17.7 Å². The molecule has 1 amide bonds. The summed E-state index contributed by atoms with van der Waals surface area (Å²) in [7, 11) is -4.59. The Kier molecular flexibility index (Phi) is 9.01. The second kappa shape index (κ2) is 12.4. The molecule has 0 spiro atoms. The zero-order valence-corrected chi connectivity index (χ0v) is 24.8. The number of carbonyl (C=O) groups excluding carboxylic acids is 1. The molecule has 47 heavy (non-hydrogen) atoms. The highest BCUT2D eigenvalue weighted by atomic mass is 32.2. The summed E-state index contributed by atoms with van der Waals surface area (Å²) in [5, 5.41) is 2.59. The smallest absolute Gasteiger partial charge is 0.406 e. The number of sulfonamides is 1. The molecule has 1 aliphatic rings. The molecule has 5 rings (SSSR count). The van der Waals surface area contributed by atoms with Crippen molar-refractivity contribution in [3.63, 3.8) is 0 Å². The minimum Gasteiger partial charge on any atom is -0.406 e. The van der Waals surface area contributed by atoms with Crippen molar-refractivity contribution in [2.45, 2.75) is 36.2 Å². The molecule has 10 nitrogen and oxygen atoms in total. The molecular formula is C26H19F9N6O4S2. The number of rotatable bonds is 7. The fraction of sp³-hybridized carbons (Fsp3) is 0.308. The van der Waals surface area contributed by atoms with E-state index in [1.165, 1.54) is 17.0 Å². The monoisotopic (exact) mass is 714 g/mol. The Morgan fingerprint density at radius 2 is 1.57 bits per heavy atom. The first-order valence-electron chi connectivity index (χ1n) is 13.1. The van der Waals surface area contributed by atoms with Crippen LogP contribution in [0.25, 0.3) is 10.3 Å². The molecule has 252 valence electrons. The summed E-state index contributed by atoms with van der Waals surface area (Å²) in [6, 6.07) is 5.54. The largest absolute Gasteiger partial charge is 0.573 e. The fourth-order valence-electron chi connectivity index (χ4n) is 4.51. The van der Waals surface area contributed by atoms with Crippen molar-refractivity contribution in [3.8, 4) is 5.75 Å². The minimum atomic E-state index is -4.93. The Morgan fingerprint density at radius 1 is 0.915 bits per heavy atom. The SMILES string of the molecule is O=C(NCc1ccc(OC(F)(F)F)cc1)[C@H]1CN(c2nc3nc(C(F)(F)F)ncc3s2)CCN1S(=O)(=O)c1ccc(C(F)(F)F)cc1. The van der Waals surface area contributed by atoms with E-state index < -0.39 is 62.7 Å². The third kappa shape index (κ3) is 7.84. The highest BCUT2D eigenvalue weighted by molar-refractivity contribution is 7.89. The minimum absolute atomic E-state index is 0.0956. The van der Waals surface area contributed by atoms with E-state index in [4.69, 9.17) is 0 Å². The van der Waals surface area contributed by atoms with E-state index in [0.717, 1.165) is 46.1 Å². The first kappa shape index (κ1) is 34.1. The average molecular weight is 715 g/mol. The van der Waals surface area contributed by atoms with Crippen LogP contribution in [0.5, 0.6) is 5.75 Å². The van der Waals surface area contributed by atoms with Gasteiger partial charge in [-0.2, -0.15) is 35.6 Å². The van der Waals surface area contributed by atoms with E-state index in [-0.39, 0.29) is 41.7 Å². The third-order valence-corrected chi connectivity index (χ3v) is 9.67. The summed E-state index contributed by atoms with van der Waals surface area (Å²) in [6.07, 6.45) is -13.6. The van der Waals surface area contributed by atoms with Crippen LogP contribution in [-0.2, 0) is 33.7 Å². The van der Waals surface area contributed by atoms with Crippen LogP contribution in [0.3, 0.4) is 0 Å². The molecule has 1 aliphatic heterocycles. The van der Waals surface area contributed by atoms with E-state index in [2.05, 4.69) is 25.0 Å². The zero-order valence-electron chi connectivity index (χ0n) is 23.2. The van der Waals surface area contributed by atoms with Gasteiger partial charge in [-0.05, 0) is 42.0 Å². The van der Waals surface area contributed by atoms with Crippen molar-refractivity contribution in [1.29, 1.82) is 0 Å². The number of aromatic nitrogens is 3. The summed E-state index contributed by atoms with van der Waals surface area (Å²) in [4.78, 5) is 25.2. The molecule has 0 saturated carbocycles. The summed E-state index contributed by atoms with van der Waals surface area (Å²) >= 11 is 0.886. The van der Waals surface area contributed by atoms with Gasteiger partial charge in [0.25, 0.3) is 0 Å². The van der Waals surface area contributed by atoms with Gasteiger partial charge in [-0.3, -0.25) is 4.79 Å². The number of nitrogens with one attached hydrogen (secondary N) is 1. The number of anilines is 1. The van der Waals surface area contributed by atoms with Crippen LogP contribution in [0.1, 0.15) is 17.0 Å². The van der Waals surface area contributed by atoms with Gasteiger partial charge in [-0.15, -0.1) is 13.2 Å².